The Bertz CT molecular complexity index is 555. The van der Waals surface area contributed by atoms with Crippen LogP contribution in [0.3, 0.4) is 0 Å². The van der Waals surface area contributed by atoms with E-state index in [0.717, 1.165) is 20.6 Å². The van der Waals surface area contributed by atoms with Gasteiger partial charge in [-0.05, 0) is 34.5 Å². The third-order valence-electron chi connectivity index (χ3n) is 2.25. The van der Waals surface area contributed by atoms with Gasteiger partial charge in [-0.15, -0.1) is 0 Å². The lowest BCUT2D eigenvalue weighted by molar-refractivity contribution is 1.44. The number of fused-ring (bicyclic) bond motifs is 1. The molecule has 0 aliphatic heterocycles. The summed E-state index contributed by atoms with van der Waals surface area (Å²) >= 11 is 6.95. The van der Waals surface area contributed by atoms with Crippen molar-refractivity contribution in [3.8, 4) is 6.07 Å². The van der Waals surface area contributed by atoms with Crippen LogP contribution in [0.25, 0.3) is 10.8 Å². The average Bonchev–Trinajstić information content (AvgIpc) is 2.28. The number of benzene rings is 2. The molecule has 2 aromatic rings. The van der Waals surface area contributed by atoms with Crippen LogP contribution in [-0.2, 0) is 5.33 Å². The molecule has 0 amide bonds. The van der Waals surface area contributed by atoms with E-state index >= 15 is 0 Å². The van der Waals surface area contributed by atoms with Gasteiger partial charge in [-0.1, -0.05) is 44.0 Å². The molecule has 0 saturated heterocycles. The largest absolute Gasteiger partial charge is 0.192 e. The first-order chi connectivity index (χ1) is 7.24. The summed E-state index contributed by atoms with van der Waals surface area (Å²) in [6.07, 6.45) is 0. The minimum atomic E-state index is 0.690. The van der Waals surface area contributed by atoms with Crippen LogP contribution in [-0.4, -0.2) is 0 Å². The highest BCUT2D eigenvalue weighted by Crippen LogP contribution is 2.27. The lowest BCUT2D eigenvalue weighted by Gasteiger charge is -2.04. The highest BCUT2D eigenvalue weighted by atomic mass is 79.9. The fourth-order valence-corrected chi connectivity index (χ4v) is 2.48. The van der Waals surface area contributed by atoms with Crippen LogP contribution in [0.1, 0.15) is 11.1 Å². The van der Waals surface area contributed by atoms with Gasteiger partial charge in [-0.2, -0.15) is 5.26 Å². The van der Waals surface area contributed by atoms with Crippen molar-refractivity contribution in [2.45, 2.75) is 5.33 Å². The molecule has 15 heavy (non-hydrogen) atoms. The normalized spacial score (nSPS) is 10.2. The van der Waals surface area contributed by atoms with Crippen LogP contribution >= 0.6 is 31.9 Å². The molecule has 0 aliphatic carbocycles. The summed E-state index contributed by atoms with van der Waals surface area (Å²) < 4.78 is 1.03. The second kappa shape index (κ2) is 4.34. The average molecular weight is 325 g/mol. The Labute approximate surface area is 105 Å². The summed E-state index contributed by atoms with van der Waals surface area (Å²) in [7, 11) is 0. The molecule has 0 aromatic heterocycles. The zero-order valence-corrected chi connectivity index (χ0v) is 11.0. The molecule has 0 fully saturated rings. The van der Waals surface area contributed by atoms with Crippen LogP contribution in [0.15, 0.2) is 34.8 Å². The number of nitriles is 1. The smallest absolute Gasteiger partial charge is 0.0991 e. The summed E-state index contributed by atoms with van der Waals surface area (Å²) in [6, 6.07) is 12.1. The van der Waals surface area contributed by atoms with Gasteiger partial charge in [0.15, 0.2) is 0 Å². The van der Waals surface area contributed by atoms with Gasteiger partial charge >= 0.3 is 0 Å². The topological polar surface area (TPSA) is 23.8 Å². The summed E-state index contributed by atoms with van der Waals surface area (Å²) in [4.78, 5) is 0. The van der Waals surface area contributed by atoms with Crippen LogP contribution in [0.4, 0.5) is 0 Å². The zero-order chi connectivity index (χ0) is 10.8. The quantitative estimate of drug-likeness (QED) is 0.715. The van der Waals surface area contributed by atoms with Crippen LogP contribution in [0.5, 0.6) is 0 Å². The van der Waals surface area contributed by atoms with Gasteiger partial charge in [0.2, 0.25) is 0 Å². The van der Waals surface area contributed by atoms with Crippen LogP contribution in [0.2, 0.25) is 0 Å². The SMILES string of the molecule is N#Cc1ccc2cc(CBr)cc(Br)c2c1. The standard InChI is InChI=1S/C12H7Br2N/c13-6-9-3-10-2-1-8(7-15)4-11(10)12(14)5-9/h1-5H,6H2. The van der Waals surface area contributed by atoms with Crippen molar-refractivity contribution in [2.75, 3.05) is 0 Å². The van der Waals surface area contributed by atoms with E-state index in [-0.39, 0.29) is 0 Å². The molecule has 0 spiro atoms. The van der Waals surface area contributed by atoms with Gasteiger partial charge in [0.05, 0.1) is 11.6 Å². The van der Waals surface area contributed by atoms with Gasteiger partial charge in [0.25, 0.3) is 0 Å². The Morgan fingerprint density at radius 3 is 2.67 bits per heavy atom. The number of alkyl halides is 1. The Hall–Kier alpha value is -0.850. The molecular weight excluding hydrogens is 318 g/mol. The number of halogens is 2. The molecule has 0 N–H and O–H groups in total. The van der Waals surface area contributed by atoms with E-state index in [2.05, 4.69) is 50.1 Å². The summed E-state index contributed by atoms with van der Waals surface area (Å²) in [5.74, 6) is 0. The fourth-order valence-electron chi connectivity index (χ4n) is 1.52. The first-order valence-corrected chi connectivity index (χ1v) is 6.34. The zero-order valence-electron chi connectivity index (χ0n) is 7.80. The Morgan fingerprint density at radius 2 is 2.00 bits per heavy atom. The van der Waals surface area contributed by atoms with Crippen molar-refractivity contribution in [3.63, 3.8) is 0 Å². The maximum Gasteiger partial charge on any atom is 0.0991 e. The van der Waals surface area contributed by atoms with Crippen molar-refractivity contribution >= 4 is 42.6 Å². The maximum absolute atomic E-state index is 8.82. The van der Waals surface area contributed by atoms with E-state index in [4.69, 9.17) is 5.26 Å². The fraction of sp³-hybridized carbons (Fsp3) is 0.0833. The van der Waals surface area contributed by atoms with E-state index in [1.54, 1.807) is 0 Å². The Morgan fingerprint density at radius 1 is 1.20 bits per heavy atom. The maximum atomic E-state index is 8.82. The van der Waals surface area contributed by atoms with Crippen molar-refractivity contribution in [3.05, 3.63) is 45.9 Å². The molecule has 0 saturated carbocycles. The van der Waals surface area contributed by atoms with Crippen molar-refractivity contribution in [2.24, 2.45) is 0 Å². The molecule has 74 valence electrons. The number of hydrogen-bond donors (Lipinski definition) is 0. The van der Waals surface area contributed by atoms with E-state index < -0.39 is 0 Å². The monoisotopic (exact) mass is 323 g/mol. The first-order valence-electron chi connectivity index (χ1n) is 4.43. The highest BCUT2D eigenvalue weighted by Gasteiger charge is 2.02. The van der Waals surface area contributed by atoms with Gasteiger partial charge in [-0.25, -0.2) is 0 Å². The first kappa shape index (κ1) is 10.7. The lowest BCUT2D eigenvalue weighted by atomic mass is 10.1. The van der Waals surface area contributed by atoms with Gasteiger partial charge in [0, 0.05) is 9.80 Å². The molecular formula is C12H7Br2N. The van der Waals surface area contributed by atoms with Crippen LogP contribution < -0.4 is 0 Å². The molecule has 3 heteroatoms. The van der Waals surface area contributed by atoms with Gasteiger partial charge in [-0.3, -0.25) is 0 Å². The van der Waals surface area contributed by atoms with Gasteiger partial charge < -0.3 is 0 Å². The van der Waals surface area contributed by atoms with E-state index in [0.29, 0.717) is 5.56 Å². The van der Waals surface area contributed by atoms with Crippen molar-refractivity contribution in [1.29, 1.82) is 5.26 Å². The second-order valence-electron chi connectivity index (χ2n) is 3.26. The van der Waals surface area contributed by atoms with Gasteiger partial charge in [0.1, 0.15) is 0 Å². The highest BCUT2D eigenvalue weighted by molar-refractivity contribution is 9.10. The predicted octanol–water partition coefficient (Wildman–Crippen LogP) is 4.37. The Balaban J connectivity index is 2.75. The minimum Gasteiger partial charge on any atom is -0.192 e. The number of hydrogen-bond acceptors (Lipinski definition) is 1. The molecule has 0 unspecified atom stereocenters. The predicted molar refractivity (Wildman–Crippen MR) is 69.0 cm³/mol. The Kier molecular flexibility index (Phi) is 3.08. The van der Waals surface area contributed by atoms with E-state index in [9.17, 15) is 0 Å². The molecule has 0 heterocycles. The number of nitrogens with zero attached hydrogens (tertiary/aromatic N) is 1. The third kappa shape index (κ3) is 2.06. The molecule has 1 nitrogen and oxygen atoms in total. The van der Waals surface area contributed by atoms with Crippen molar-refractivity contribution < 1.29 is 0 Å². The summed E-state index contributed by atoms with van der Waals surface area (Å²) in [5.41, 5.74) is 1.91. The molecule has 2 rings (SSSR count). The van der Waals surface area contributed by atoms with Crippen LogP contribution in [0, 0.1) is 11.3 Å². The number of rotatable bonds is 1. The molecule has 0 bridgehead atoms. The molecule has 0 atom stereocenters. The molecule has 0 aliphatic rings. The minimum absolute atomic E-state index is 0.690. The van der Waals surface area contributed by atoms with E-state index in [1.165, 1.54) is 5.56 Å². The lowest BCUT2D eigenvalue weighted by Crippen LogP contribution is -1.82. The summed E-state index contributed by atoms with van der Waals surface area (Å²) in [6.45, 7) is 0. The summed E-state index contributed by atoms with van der Waals surface area (Å²) in [5, 5.41) is 11.9. The molecule has 0 radical (unpaired) electrons. The third-order valence-corrected chi connectivity index (χ3v) is 3.55. The molecule has 2 aromatic carbocycles. The van der Waals surface area contributed by atoms with Crippen molar-refractivity contribution in [1.82, 2.24) is 0 Å². The van der Waals surface area contributed by atoms with E-state index in [1.807, 2.05) is 18.2 Å². The second-order valence-corrected chi connectivity index (χ2v) is 4.67.